The van der Waals surface area contributed by atoms with E-state index in [1.165, 1.54) is 0 Å². The van der Waals surface area contributed by atoms with Crippen molar-refractivity contribution in [3.05, 3.63) is 23.8 Å². The molecular weight excluding hydrogens is 258 g/mol. The number of amides is 2. The van der Waals surface area contributed by atoms with Gasteiger partial charge in [0.2, 0.25) is 0 Å². The van der Waals surface area contributed by atoms with Crippen molar-refractivity contribution >= 4 is 23.4 Å². The number of carboxylic acids is 1. The average Bonchev–Trinajstić information content (AvgIpc) is 2.37. The Bertz CT molecular complexity index is 500. The molecule has 6 nitrogen and oxygen atoms in total. The topological polar surface area (TPSA) is 81.7 Å². The lowest BCUT2D eigenvalue weighted by molar-refractivity contribution is -0.139. The monoisotopic (exact) mass is 279 g/mol. The first-order chi connectivity index (χ1) is 9.35. The number of nitrogens with zero attached hydrogens (tertiary/aromatic N) is 1. The zero-order valence-electron chi connectivity index (χ0n) is 12.2. The molecule has 0 radical (unpaired) electrons. The molecule has 0 unspecified atom stereocenters. The van der Waals surface area contributed by atoms with Crippen molar-refractivity contribution in [1.82, 2.24) is 5.32 Å². The van der Waals surface area contributed by atoms with Crippen LogP contribution in [0.1, 0.15) is 18.9 Å². The molecule has 1 rings (SSSR count). The SMILES string of the molecule is CC[C@@H](NC(=O)Nc1ccc(C)c(N(C)C)c1)C(=O)O. The standard InChI is InChI=1S/C14H21N3O3/c1-5-11(13(18)19)16-14(20)15-10-7-6-9(2)12(8-10)17(3)4/h6-8,11H,5H2,1-4H3,(H,18,19)(H2,15,16,20)/t11-/m1/s1. The third kappa shape index (κ3) is 4.15. The maximum atomic E-state index is 11.8. The molecule has 0 spiro atoms. The van der Waals surface area contributed by atoms with Crippen LogP contribution in [0, 0.1) is 6.92 Å². The van der Waals surface area contributed by atoms with E-state index in [1.54, 1.807) is 13.0 Å². The third-order valence-corrected chi connectivity index (χ3v) is 2.96. The lowest BCUT2D eigenvalue weighted by atomic mass is 10.1. The molecule has 110 valence electrons. The van der Waals surface area contributed by atoms with Crippen LogP contribution in [-0.2, 0) is 4.79 Å². The van der Waals surface area contributed by atoms with Crippen LogP contribution in [0.25, 0.3) is 0 Å². The molecule has 6 heteroatoms. The minimum atomic E-state index is -1.04. The second-order valence-corrected chi connectivity index (χ2v) is 4.79. The average molecular weight is 279 g/mol. The van der Waals surface area contributed by atoms with Crippen molar-refractivity contribution in [2.75, 3.05) is 24.3 Å². The number of aliphatic carboxylic acids is 1. The highest BCUT2D eigenvalue weighted by Crippen LogP contribution is 2.22. The fourth-order valence-electron chi connectivity index (χ4n) is 1.83. The number of urea groups is 1. The normalized spacial score (nSPS) is 11.6. The molecule has 0 aromatic heterocycles. The molecule has 0 aliphatic rings. The smallest absolute Gasteiger partial charge is 0.326 e. The molecule has 2 amide bonds. The number of carbonyl (C=O) groups excluding carboxylic acids is 1. The largest absolute Gasteiger partial charge is 0.480 e. The Morgan fingerprint density at radius 2 is 2.00 bits per heavy atom. The van der Waals surface area contributed by atoms with Gasteiger partial charge < -0.3 is 20.6 Å². The Kier molecular flexibility index (Phi) is 5.37. The lowest BCUT2D eigenvalue weighted by Crippen LogP contribution is -2.42. The van der Waals surface area contributed by atoms with E-state index in [-0.39, 0.29) is 0 Å². The van der Waals surface area contributed by atoms with Gasteiger partial charge in [0.1, 0.15) is 6.04 Å². The van der Waals surface area contributed by atoms with Gasteiger partial charge in [-0.25, -0.2) is 9.59 Å². The van der Waals surface area contributed by atoms with E-state index in [0.29, 0.717) is 12.1 Å². The number of nitrogens with one attached hydrogen (secondary N) is 2. The molecule has 1 aromatic carbocycles. The van der Waals surface area contributed by atoms with Crippen LogP contribution in [-0.4, -0.2) is 37.2 Å². The Labute approximate surface area is 118 Å². The van der Waals surface area contributed by atoms with Crippen LogP contribution in [0.15, 0.2) is 18.2 Å². The highest BCUT2D eigenvalue weighted by Gasteiger charge is 2.17. The highest BCUT2D eigenvalue weighted by molar-refractivity contribution is 5.92. The Balaban J connectivity index is 2.76. The number of carbonyl (C=O) groups is 2. The fraction of sp³-hybridized carbons (Fsp3) is 0.429. The molecular formula is C14H21N3O3. The van der Waals surface area contributed by atoms with Gasteiger partial charge >= 0.3 is 12.0 Å². The summed E-state index contributed by atoms with van der Waals surface area (Å²) >= 11 is 0. The molecule has 20 heavy (non-hydrogen) atoms. The van der Waals surface area contributed by atoms with Crippen LogP contribution in [0.4, 0.5) is 16.2 Å². The number of aryl methyl sites for hydroxylation is 1. The molecule has 3 N–H and O–H groups in total. The summed E-state index contributed by atoms with van der Waals surface area (Å²) in [6, 6.07) is 4.13. The van der Waals surface area contributed by atoms with Crippen LogP contribution in [0.2, 0.25) is 0 Å². The van der Waals surface area contributed by atoms with Crippen molar-refractivity contribution in [2.45, 2.75) is 26.3 Å². The number of anilines is 2. The number of hydrogen-bond donors (Lipinski definition) is 3. The van der Waals surface area contributed by atoms with Crippen LogP contribution in [0.5, 0.6) is 0 Å². The highest BCUT2D eigenvalue weighted by atomic mass is 16.4. The Hall–Kier alpha value is -2.24. The quantitative estimate of drug-likeness (QED) is 0.770. The number of rotatable bonds is 5. The lowest BCUT2D eigenvalue weighted by Gasteiger charge is -2.18. The van der Waals surface area contributed by atoms with Crippen molar-refractivity contribution < 1.29 is 14.7 Å². The summed E-state index contributed by atoms with van der Waals surface area (Å²) in [5, 5.41) is 14.0. The zero-order chi connectivity index (χ0) is 15.3. The Morgan fingerprint density at radius 1 is 1.35 bits per heavy atom. The summed E-state index contributed by atoms with van der Waals surface area (Å²) in [6.45, 7) is 3.69. The molecule has 0 heterocycles. The number of benzene rings is 1. The first kappa shape index (κ1) is 15.8. The third-order valence-electron chi connectivity index (χ3n) is 2.96. The van der Waals surface area contributed by atoms with E-state index in [4.69, 9.17) is 5.11 Å². The van der Waals surface area contributed by atoms with Gasteiger partial charge in [0, 0.05) is 25.5 Å². The van der Waals surface area contributed by atoms with Crippen LogP contribution in [0.3, 0.4) is 0 Å². The summed E-state index contributed by atoms with van der Waals surface area (Å²) in [5.74, 6) is -1.04. The zero-order valence-corrected chi connectivity index (χ0v) is 12.2. The summed E-state index contributed by atoms with van der Waals surface area (Å²) in [7, 11) is 3.84. The summed E-state index contributed by atoms with van der Waals surface area (Å²) in [6.07, 6.45) is 0.333. The van der Waals surface area contributed by atoms with Gasteiger partial charge in [-0.1, -0.05) is 13.0 Å². The van der Waals surface area contributed by atoms with Gasteiger partial charge in [-0.15, -0.1) is 0 Å². The second-order valence-electron chi connectivity index (χ2n) is 4.79. The number of carboxylic acid groups (broad SMARTS) is 1. The summed E-state index contributed by atoms with van der Waals surface area (Å²) in [4.78, 5) is 24.6. The van der Waals surface area contributed by atoms with Gasteiger partial charge in [0.05, 0.1) is 0 Å². The maximum absolute atomic E-state index is 11.8. The maximum Gasteiger partial charge on any atom is 0.326 e. The van der Waals surface area contributed by atoms with E-state index >= 15 is 0 Å². The molecule has 1 atom stereocenters. The predicted molar refractivity (Wildman–Crippen MR) is 79.4 cm³/mol. The molecule has 0 bridgehead atoms. The van der Waals surface area contributed by atoms with Crippen molar-refractivity contribution in [2.24, 2.45) is 0 Å². The Morgan fingerprint density at radius 3 is 2.50 bits per heavy atom. The second kappa shape index (κ2) is 6.79. The van der Waals surface area contributed by atoms with E-state index in [1.807, 2.05) is 38.1 Å². The van der Waals surface area contributed by atoms with Crippen molar-refractivity contribution in [1.29, 1.82) is 0 Å². The van der Waals surface area contributed by atoms with Crippen LogP contribution < -0.4 is 15.5 Å². The van der Waals surface area contributed by atoms with Crippen LogP contribution >= 0.6 is 0 Å². The van der Waals surface area contributed by atoms with Gasteiger partial charge in [-0.3, -0.25) is 0 Å². The van der Waals surface area contributed by atoms with Gasteiger partial charge in [-0.05, 0) is 31.0 Å². The summed E-state index contributed by atoms with van der Waals surface area (Å²) in [5.41, 5.74) is 2.71. The first-order valence-corrected chi connectivity index (χ1v) is 6.43. The predicted octanol–water partition coefficient (Wildman–Crippen LogP) is 2.05. The number of hydrogen-bond acceptors (Lipinski definition) is 3. The van der Waals surface area contributed by atoms with Crippen molar-refractivity contribution in [3.8, 4) is 0 Å². The van der Waals surface area contributed by atoms with E-state index < -0.39 is 18.0 Å². The van der Waals surface area contributed by atoms with E-state index in [9.17, 15) is 9.59 Å². The molecule has 0 aliphatic heterocycles. The van der Waals surface area contributed by atoms with Gasteiger partial charge in [0.25, 0.3) is 0 Å². The van der Waals surface area contributed by atoms with Gasteiger partial charge in [-0.2, -0.15) is 0 Å². The molecule has 0 fully saturated rings. The molecule has 0 aliphatic carbocycles. The fourth-order valence-corrected chi connectivity index (χ4v) is 1.83. The molecule has 0 saturated carbocycles. The minimum absolute atomic E-state index is 0.333. The molecule has 0 saturated heterocycles. The van der Waals surface area contributed by atoms with E-state index in [0.717, 1.165) is 11.3 Å². The van der Waals surface area contributed by atoms with E-state index in [2.05, 4.69) is 10.6 Å². The van der Waals surface area contributed by atoms with Gasteiger partial charge in [0.15, 0.2) is 0 Å². The first-order valence-electron chi connectivity index (χ1n) is 6.43. The summed E-state index contributed by atoms with van der Waals surface area (Å²) < 4.78 is 0. The molecule has 1 aromatic rings. The van der Waals surface area contributed by atoms with Crippen molar-refractivity contribution in [3.63, 3.8) is 0 Å². The minimum Gasteiger partial charge on any atom is -0.480 e.